The van der Waals surface area contributed by atoms with Crippen molar-refractivity contribution in [2.24, 2.45) is 0 Å². The molecule has 0 aliphatic rings. The molecule has 0 saturated carbocycles. The topological polar surface area (TPSA) is 80.0 Å². The van der Waals surface area contributed by atoms with Crippen molar-refractivity contribution in [3.8, 4) is 0 Å². The molecule has 1 rings (SSSR count). The molecule has 0 fully saturated rings. The lowest BCUT2D eigenvalue weighted by molar-refractivity contribution is -0.145. The highest BCUT2D eigenvalue weighted by atomic mass is 16.4. The van der Waals surface area contributed by atoms with Crippen molar-refractivity contribution in [1.82, 2.24) is 20.1 Å². The minimum absolute atomic E-state index is 0.577. The van der Waals surface area contributed by atoms with Gasteiger partial charge in [-0.3, -0.25) is 9.48 Å². The van der Waals surface area contributed by atoms with Crippen LogP contribution in [0.25, 0.3) is 0 Å². The lowest BCUT2D eigenvalue weighted by atomic mass is 9.90. The second-order valence-corrected chi connectivity index (χ2v) is 4.03. The van der Waals surface area contributed by atoms with Crippen molar-refractivity contribution in [3.63, 3.8) is 0 Å². The molecule has 0 aromatic carbocycles. The molecule has 6 heteroatoms. The van der Waals surface area contributed by atoms with E-state index in [1.807, 2.05) is 13.8 Å². The molecular formula is C11H20N4O2. The van der Waals surface area contributed by atoms with Crippen LogP contribution in [0.1, 0.15) is 33.1 Å². The van der Waals surface area contributed by atoms with Crippen LogP contribution in [-0.4, -0.2) is 37.9 Å². The molecule has 1 atom stereocenters. The first-order valence-electron chi connectivity index (χ1n) is 5.95. The van der Waals surface area contributed by atoms with Gasteiger partial charge in [0.15, 0.2) is 0 Å². The van der Waals surface area contributed by atoms with Crippen LogP contribution in [0, 0.1) is 0 Å². The highest BCUT2D eigenvalue weighted by Gasteiger charge is 2.34. The van der Waals surface area contributed by atoms with Gasteiger partial charge in [0.05, 0.1) is 0 Å². The van der Waals surface area contributed by atoms with Crippen LogP contribution in [0.5, 0.6) is 0 Å². The third-order valence-corrected chi connectivity index (χ3v) is 2.99. The SMILES string of the molecule is CCNC(CC)(CCCn1cncn1)C(=O)O. The van der Waals surface area contributed by atoms with Gasteiger partial charge in [-0.05, 0) is 25.8 Å². The van der Waals surface area contributed by atoms with Crippen molar-refractivity contribution >= 4 is 5.97 Å². The number of aryl methyl sites for hydroxylation is 1. The van der Waals surface area contributed by atoms with Gasteiger partial charge in [-0.1, -0.05) is 13.8 Å². The molecule has 1 aromatic rings. The fourth-order valence-electron chi connectivity index (χ4n) is 1.95. The fraction of sp³-hybridized carbons (Fsp3) is 0.727. The van der Waals surface area contributed by atoms with E-state index < -0.39 is 11.5 Å². The largest absolute Gasteiger partial charge is 0.480 e. The Morgan fingerprint density at radius 2 is 2.29 bits per heavy atom. The number of carboxylic acid groups (broad SMARTS) is 1. The summed E-state index contributed by atoms with van der Waals surface area (Å²) in [5.41, 5.74) is -0.810. The minimum Gasteiger partial charge on any atom is -0.480 e. The van der Waals surface area contributed by atoms with Crippen molar-refractivity contribution in [1.29, 1.82) is 0 Å². The van der Waals surface area contributed by atoms with Gasteiger partial charge in [-0.25, -0.2) is 4.98 Å². The molecule has 2 N–H and O–H groups in total. The number of aromatic nitrogens is 3. The van der Waals surface area contributed by atoms with E-state index in [0.717, 1.165) is 6.42 Å². The second kappa shape index (κ2) is 6.34. The first-order chi connectivity index (χ1) is 8.14. The Morgan fingerprint density at radius 3 is 2.76 bits per heavy atom. The summed E-state index contributed by atoms with van der Waals surface area (Å²) in [7, 11) is 0. The lowest BCUT2D eigenvalue weighted by Gasteiger charge is -2.29. The van der Waals surface area contributed by atoms with Gasteiger partial charge >= 0.3 is 5.97 Å². The highest BCUT2D eigenvalue weighted by molar-refractivity contribution is 5.78. The lowest BCUT2D eigenvalue weighted by Crippen LogP contribution is -2.51. The molecule has 0 aliphatic carbocycles. The number of carboxylic acids is 1. The molecule has 6 nitrogen and oxygen atoms in total. The Bertz CT molecular complexity index is 339. The molecular weight excluding hydrogens is 220 g/mol. The summed E-state index contributed by atoms with van der Waals surface area (Å²) in [5.74, 6) is -0.777. The molecule has 0 spiro atoms. The van der Waals surface area contributed by atoms with Crippen LogP contribution < -0.4 is 5.32 Å². The molecule has 0 amide bonds. The van der Waals surface area contributed by atoms with E-state index in [9.17, 15) is 9.90 Å². The van der Waals surface area contributed by atoms with Crippen LogP contribution in [-0.2, 0) is 11.3 Å². The molecule has 1 aromatic heterocycles. The normalized spacial score (nSPS) is 14.5. The number of hydrogen-bond acceptors (Lipinski definition) is 4. The van der Waals surface area contributed by atoms with E-state index in [0.29, 0.717) is 25.9 Å². The maximum atomic E-state index is 11.3. The third-order valence-electron chi connectivity index (χ3n) is 2.99. The van der Waals surface area contributed by atoms with Crippen molar-refractivity contribution in [2.45, 2.75) is 45.2 Å². The van der Waals surface area contributed by atoms with Crippen LogP contribution in [0.15, 0.2) is 12.7 Å². The Hall–Kier alpha value is -1.43. The van der Waals surface area contributed by atoms with E-state index >= 15 is 0 Å². The first kappa shape index (κ1) is 13.6. The number of aliphatic carboxylic acids is 1. The van der Waals surface area contributed by atoms with Gasteiger partial charge in [0.2, 0.25) is 0 Å². The average Bonchev–Trinajstić information content (AvgIpc) is 2.80. The van der Waals surface area contributed by atoms with Gasteiger partial charge in [-0.15, -0.1) is 0 Å². The number of rotatable bonds is 8. The number of likely N-dealkylation sites (N-methyl/N-ethyl adjacent to an activating group) is 1. The fourth-order valence-corrected chi connectivity index (χ4v) is 1.95. The average molecular weight is 240 g/mol. The maximum absolute atomic E-state index is 11.3. The highest BCUT2D eigenvalue weighted by Crippen LogP contribution is 2.18. The van der Waals surface area contributed by atoms with Crippen LogP contribution >= 0.6 is 0 Å². The van der Waals surface area contributed by atoms with Crippen LogP contribution in [0.3, 0.4) is 0 Å². The van der Waals surface area contributed by atoms with Gasteiger partial charge in [0.25, 0.3) is 0 Å². The molecule has 0 bridgehead atoms. The molecule has 1 heterocycles. The summed E-state index contributed by atoms with van der Waals surface area (Å²) < 4.78 is 1.72. The van der Waals surface area contributed by atoms with E-state index in [-0.39, 0.29) is 0 Å². The van der Waals surface area contributed by atoms with Crippen molar-refractivity contribution in [3.05, 3.63) is 12.7 Å². The number of hydrogen-bond donors (Lipinski definition) is 2. The predicted molar refractivity (Wildman–Crippen MR) is 63.6 cm³/mol. The summed E-state index contributed by atoms with van der Waals surface area (Å²) in [5, 5.41) is 16.4. The molecule has 1 unspecified atom stereocenters. The monoisotopic (exact) mass is 240 g/mol. The molecule has 0 saturated heterocycles. The van der Waals surface area contributed by atoms with Gasteiger partial charge in [0.1, 0.15) is 18.2 Å². The predicted octanol–water partition coefficient (Wildman–Crippen LogP) is 0.901. The maximum Gasteiger partial charge on any atom is 0.323 e. The zero-order valence-corrected chi connectivity index (χ0v) is 10.4. The van der Waals surface area contributed by atoms with Crippen LogP contribution in [0.4, 0.5) is 0 Å². The Kier molecular flexibility index (Phi) is 5.09. The Balaban J connectivity index is 2.51. The van der Waals surface area contributed by atoms with Crippen molar-refractivity contribution < 1.29 is 9.90 Å². The van der Waals surface area contributed by atoms with E-state index in [1.165, 1.54) is 6.33 Å². The molecule has 0 radical (unpaired) electrons. The molecule has 96 valence electrons. The summed E-state index contributed by atoms with van der Waals surface area (Å²) in [4.78, 5) is 15.2. The molecule has 17 heavy (non-hydrogen) atoms. The minimum atomic E-state index is -0.810. The van der Waals surface area contributed by atoms with Crippen molar-refractivity contribution in [2.75, 3.05) is 6.54 Å². The number of nitrogens with zero attached hydrogens (tertiary/aromatic N) is 3. The standard InChI is InChI=1S/C11H20N4O2/c1-3-11(10(16)17,13-4-2)6-5-7-15-9-12-8-14-15/h8-9,13H,3-7H2,1-2H3,(H,16,17). The van der Waals surface area contributed by atoms with E-state index in [1.54, 1.807) is 11.0 Å². The zero-order chi connectivity index (χ0) is 12.7. The summed E-state index contributed by atoms with van der Waals surface area (Å²) >= 11 is 0. The van der Waals surface area contributed by atoms with E-state index in [2.05, 4.69) is 15.4 Å². The van der Waals surface area contributed by atoms with Gasteiger partial charge in [0, 0.05) is 6.54 Å². The smallest absolute Gasteiger partial charge is 0.323 e. The van der Waals surface area contributed by atoms with E-state index in [4.69, 9.17) is 0 Å². The summed E-state index contributed by atoms with van der Waals surface area (Å²) in [6.45, 7) is 5.17. The van der Waals surface area contributed by atoms with Crippen LogP contribution in [0.2, 0.25) is 0 Å². The summed E-state index contributed by atoms with van der Waals surface area (Å²) in [6.07, 6.45) is 5.05. The second-order valence-electron chi connectivity index (χ2n) is 4.03. The van der Waals surface area contributed by atoms with Gasteiger partial charge < -0.3 is 10.4 Å². The first-order valence-corrected chi connectivity index (χ1v) is 5.95. The zero-order valence-electron chi connectivity index (χ0n) is 10.4. The quantitative estimate of drug-likeness (QED) is 0.705. The number of carbonyl (C=O) groups is 1. The van der Waals surface area contributed by atoms with Gasteiger partial charge in [-0.2, -0.15) is 5.10 Å². The molecule has 0 aliphatic heterocycles. The number of nitrogens with one attached hydrogen (secondary N) is 1. The third kappa shape index (κ3) is 3.52. The Labute approximate surface area is 101 Å². The Morgan fingerprint density at radius 1 is 1.53 bits per heavy atom. The summed E-state index contributed by atoms with van der Waals surface area (Å²) in [6, 6.07) is 0.